The SMILES string of the molecule is CCCCN(C)C(=O)c1cccc(S(=O)(=O)NCCN2CCOCC2)c1. The molecule has 0 aromatic heterocycles. The maximum absolute atomic E-state index is 12.5. The normalized spacial score (nSPS) is 15.8. The van der Waals surface area contributed by atoms with E-state index in [0.29, 0.717) is 38.4 Å². The molecule has 0 bridgehead atoms. The fraction of sp³-hybridized carbons (Fsp3) is 0.611. The van der Waals surface area contributed by atoms with E-state index in [4.69, 9.17) is 4.74 Å². The van der Waals surface area contributed by atoms with Crippen LogP contribution in [-0.2, 0) is 14.8 Å². The van der Waals surface area contributed by atoms with Crippen molar-refractivity contribution in [1.29, 1.82) is 0 Å². The van der Waals surface area contributed by atoms with Gasteiger partial charge in [0.25, 0.3) is 5.91 Å². The molecular formula is C18H29N3O4S. The maximum Gasteiger partial charge on any atom is 0.253 e. The zero-order chi connectivity index (χ0) is 19.0. The molecule has 0 radical (unpaired) electrons. The van der Waals surface area contributed by atoms with Gasteiger partial charge in [0, 0.05) is 45.3 Å². The van der Waals surface area contributed by atoms with Crippen molar-refractivity contribution in [3.63, 3.8) is 0 Å². The van der Waals surface area contributed by atoms with Gasteiger partial charge in [-0.05, 0) is 24.6 Å². The van der Waals surface area contributed by atoms with Crippen LogP contribution < -0.4 is 4.72 Å². The number of amides is 1. The lowest BCUT2D eigenvalue weighted by atomic mass is 10.2. The van der Waals surface area contributed by atoms with Crippen molar-refractivity contribution < 1.29 is 17.9 Å². The monoisotopic (exact) mass is 383 g/mol. The molecule has 2 rings (SSSR count). The van der Waals surface area contributed by atoms with Crippen molar-refractivity contribution in [2.75, 3.05) is 53.0 Å². The lowest BCUT2D eigenvalue weighted by molar-refractivity contribution is 0.0390. The summed E-state index contributed by atoms with van der Waals surface area (Å²) in [6.07, 6.45) is 1.92. The molecule has 0 atom stereocenters. The minimum absolute atomic E-state index is 0.120. The molecule has 1 aromatic rings. The molecule has 146 valence electrons. The summed E-state index contributed by atoms with van der Waals surface area (Å²) < 4.78 is 32.9. The van der Waals surface area contributed by atoms with E-state index in [1.165, 1.54) is 12.1 Å². The second-order valence-corrected chi connectivity index (χ2v) is 8.23. The van der Waals surface area contributed by atoms with Crippen LogP contribution >= 0.6 is 0 Å². The molecule has 1 aromatic carbocycles. The van der Waals surface area contributed by atoms with E-state index in [2.05, 4.69) is 16.5 Å². The molecule has 7 nitrogen and oxygen atoms in total. The molecule has 0 unspecified atom stereocenters. The van der Waals surface area contributed by atoms with Crippen LogP contribution in [0.4, 0.5) is 0 Å². The van der Waals surface area contributed by atoms with Gasteiger partial charge >= 0.3 is 0 Å². The van der Waals surface area contributed by atoms with E-state index in [0.717, 1.165) is 25.9 Å². The average molecular weight is 384 g/mol. The summed E-state index contributed by atoms with van der Waals surface area (Å²) in [5, 5.41) is 0. The fourth-order valence-corrected chi connectivity index (χ4v) is 3.83. The van der Waals surface area contributed by atoms with Crippen molar-refractivity contribution in [2.24, 2.45) is 0 Å². The first-order chi connectivity index (χ1) is 12.4. The van der Waals surface area contributed by atoms with Crippen LogP contribution in [0.25, 0.3) is 0 Å². The molecule has 1 amide bonds. The average Bonchev–Trinajstić information content (AvgIpc) is 2.66. The summed E-state index contributed by atoms with van der Waals surface area (Å²) >= 11 is 0. The third-order valence-electron chi connectivity index (χ3n) is 4.41. The Morgan fingerprint density at radius 2 is 2.04 bits per heavy atom. The van der Waals surface area contributed by atoms with E-state index in [1.807, 2.05) is 0 Å². The van der Waals surface area contributed by atoms with E-state index in [-0.39, 0.29) is 10.8 Å². The summed E-state index contributed by atoms with van der Waals surface area (Å²) in [5.41, 5.74) is 0.389. The summed E-state index contributed by atoms with van der Waals surface area (Å²) in [4.78, 5) is 16.3. The summed E-state index contributed by atoms with van der Waals surface area (Å²) in [7, 11) is -1.90. The highest BCUT2D eigenvalue weighted by Gasteiger charge is 2.18. The Morgan fingerprint density at radius 1 is 1.31 bits per heavy atom. The van der Waals surface area contributed by atoms with Gasteiger partial charge < -0.3 is 9.64 Å². The van der Waals surface area contributed by atoms with Crippen LogP contribution in [0.15, 0.2) is 29.2 Å². The Bertz CT molecular complexity index is 687. The number of nitrogens with zero attached hydrogens (tertiary/aromatic N) is 2. The van der Waals surface area contributed by atoms with Crippen LogP contribution in [0.1, 0.15) is 30.1 Å². The number of carbonyl (C=O) groups excluding carboxylic acids is 1. The molecule has 26 heavy (non-hydrogen) atoms. The van der Waals surface area contributed by atoms with Crippen LogP contribution in [0.2, 0.25) is 0 Å². The molecule has 1 aliphatic rings. The number of hydrogen-bond donors (Lipinski definition) is 1. The molecule has 1 heterocycles. The van der Waals surface area contributed by atoms with Gasteiger partial charge in [0.15, 0.2) is 0 Å². The second-order valence-electron chi connectivity index (χ2n) is 6.46. The predicted molar refractivity (Wildman–Crippen MR) is 101 cm³/mol. The van der Waals surface area contributed by atoms with E-state index < -0.39 is 10.0 Å². The third kappa shape index (κ3) is 6.05. The lowest BCUT2D eigenvalue weighted by Crippen LogP contribution is -2.41. The Morgan fingerprint density at radius 3 is 2.73 bits per heavy atom. The quantitative estimate of drug-likeness (QED) is 0.693. The summed E-state index contributed by atoms with van der Waals surface area (Å²) in [6.45, 7) is 6.69. The number of nitrogens with one attached hydrogen (secondary N) is 1. The number of carbonyl (C=O) groups is 1. The first-order valence-electron chi connectivity index (χ1n) is 9.09. The zero-order valence-electron chi connectivity index (χ0n) is 15.6. The minimum Gasteiger partial charge on any atom is -0.379 e. The topological polar surface area (TPSA) is 79.0 Å². The van der Waals surface area contributed by atoms with Crippen LogP contribution in [0, 0.1) is 0 Å². The molecule has 1 fully saturated rings. The van der Waals surface area contributed by atoms with Gasteiger partial charge in [0.05, 0.1) is 18.1 Å². The Labute approximate surface area is 156 Å². The number of benzene rings is 1. The predicted octanol–water partition coefficient (Wildman–Crippen LogP) is 1.17. The zero-order valence-corrected chi connectivity index (χ0v) is 16.4. The van der Waals surface area contributed by atoms with Crippen LogP contribution in [-0.4, -0.2) is 77.1 Å². The molecule has 1 aliphatic heterocycles. The number of morpholine rings is 1. The van der Waals surface area contributed by atoms with Gasteiger partial charge in [-0.1, -0.05) is 19.4 Å². The van der Waals surface area contributed by atoms with E-state index in [9.17, 15) is 13.2 Å². The van der Waals surface area contributed by atoms with Crippen molar-refractivity contribution in [2.45, 2.75) is 24.7 Å². The standard InChI is InChI=1S/C18H29N3O4S/c1-3-4-9-20(2)18(22)16-6-5-7-17(15-16)26(23,24)19-8-10-21-11-13-25-14-12-21/h5-7,15,19H,3-4,8-14H2,1-2H3. The van der Waals surface area contributed by atoms with Crippen molar-refractivity contribution in [1.82, 2.24) is 14.5 Å². The minimum atomic E-state index is -3.64. The van der Waals surface area contributed by atoms with E-state index in [1.54, 1.807) is 24.1 Å². The number of ether oxygens (including phenoxy) is 1. The van der Waals surface area contributed by atoms with Gasteiger partial charge in [-0.2, -0.15) is 0 Å². The van der Waals surface area contributed by atoms with Crippen molar-refractivity contribution >= 4 is 15.9 Å². The molecule has 1 N–H and O–H groups in total. The molecule has 1 saturated heterocycles. The largest absolute Gasteiger partial charge is 0.379 e. The highest BCUT2D eigenvalue weighted by Crippen LogP contribution is 2.13. The van der Waals surface area contributed by atoms with Gasteiger partial charge in [-0.3, -0.25) is 9.69 Å². The van der Waals surface area contributed by atoms with E-state index >= 15 is 0 Å². The lowest BCUT2D eigenvalue weighted by Gasteiger charge is -2.26. The van der Waals surface area contributed by atoms with Gasteiger partial charge in [0.2, 0.25) is 10.0 Å². The molecule has 8 heteroatoms. The Hall–Kier alpha value is -1.48. The molecular weight excluding hydrogens is 354 g/mol. The number of sulfonamides is 1. The summed E-state index contributed by atoms with van der Waals surface area (Å²) in [5.74, 6) is -0.163. The van der Waals surface area contributed by atoms with Crippen molar-refractivity contribution in [3.05, 3.63) is 29.8 Å². The van der Waals surface area contributed by atoms with Crippen LogP contribution in [0.5, 0.6) is 0 Å². The molecule has 0 aliphatic carbocycles. The van der Waals surface area contributed by atoms with Gasteiger partial charge in [0.1, 0.15) is 0 Å². The van der Waals surface area contributed by atoms with Crippen molar-refractivity contribution in [3.8, 4) is 0 Å². The van der Waals surface area contributed by atoms with Crippen LogP contribution in [0.3, 0.4) is 0 Å². The number of unbranched alkanes of at least 4 members (excludes halogenated alkanes) is 1. The third-order valence-corrected chi connectivity index (χ3v) is 5.87. The number of hydrogen-bond acceptors (Lipinski definition) is 5. The Kier molecular flexibility index (Phi) is 8.02. The highest BCUT2D eigenvalue weighted by molar-refractivity contribution is 7.89. The number of rotatable bonds is 9. The second kappa shape index (κ2) is 10.0. The first kappa shape index (κ1) is 20.8. The first-order valence-corrected chi connectivity index (χ1v) is 10.6. The highest BCUT2D eigenvalue weighted by atomic mass is 32.2. The maximum atomic E-state index is 12.5. The van der Waals surface area contributed by atoms with Gasteiger partial charge in [-0.25, -0.2) is 13.1 Å². The van der Waals surface area contributed by atoms with Gasteiger partial charge in [-0.15, -0.1) is 0 Å². The summed E-state index contributed by atoms with van der Waals surface area (Å²) in [6, 6.07) is 6.22. The Balaban J connectivity index is 1.97. The molecule has 0 spiro atoms. The fourth-order valence-electron chi connectivity index (χ4n) is 2.76. The molecule has 0 saturated carbocycles. The smallest absolute Gasteiger partial charge is 0.253 e.